The fourth-order valence-corrected chi connectivity index (χ4v) is 7.58. The number of Topliss-reactive ketones (excluding diaryl/α,β-unsaturated/α-hetero) is 1. The third-order valence-corrected chi connectivity index (χ3v) is 8.89. The van der Waals surface area contributed by atoms with Crippen LogP contribution in [0.3, 0.4) is 0 Å². The molecule has 4 nitrogen and oxygen atoms in total. The average molecular weight is 350 g/mol. The van der Waals surface area contributed by atoms with E-state index < -0.39 is 0 Å². The highest BCUT2D eigenvalue weighted by molar-refractivity contribution is 5.87. The highest BCUT2D eigenvalue weighted by Gasteiger charge is 2.64. The van der Waals surface area contributed by atoms with Crippen LogP contribution in [0, 0.1) is 34.5 Å². The molecule has 0 amide bonds. The summed E-state index contributed by atoms with van der Waals surface area (Å²) >= 11 is 0. The molecule has 0 aliphatic heterocycles. The van der Waals surface area contributed by atoms with E-state index in [9.17, 15) is 9.90 Å². The van der Waals surface area contributed by atoms with Gasteiger partial charge in [0.05, 0.1) is 18.3 Å². The molecule has 1 N–H and O–H groups in total. The Kier molecular flexibility index (Phi) is 4.33. The Morgan fingerprint density at radius 2 is 1.76 bits per heavy atom. The second-order valence-corrected chi connectivity index (χ2v) is 9.72. The first kappa shape index (κ1) is 17.9. The minimum absolute atomic E-state index is 0.0731. The maximum Gasteiger partial charge on any atom is 0.139 e. The van der Waals surface area contributed by atoms with Gasteiger partial charge in [-0.3, -0.25) is 4.79 Å². The molecule has 4 aliphatic carbocycles. The SMILES string of the molecule is COC1CC2(C)C(CCC3C4CCC(=O)C4(C)CC(OC)C32)CC1O. The third-order valence-electron chi connectivity index (χ3n) is 8.89. The van der Waals surface area contributed by atoms with Crippen LogP contribution in [0.25, 0.3) is 0 Å². The van der Waals surface area contributed by atoms with Crippen LogP contribution in [-0.4, -0.2) is 43.4 Å². The van der Waals surface area contributed by atoms with Crippen LogP contribution in [0.15, 0.2) is 0 Å². The number of aliphatic hydroxyl groups excluding tert-OH is 1. The summed E-state index contributed by atoms with van der Waals surface area (Å²) in [7, 11) is 3.54. The molecule has 0 aromatic heterocycles. The van der Waals surface area contributed by atoms with Gasteiger partial charge in [0.25, 0.3) is 0 Å². The van der Waals surface area contributed by atoms with E-state index in [2.05, 4.69) is 13.8 Å². The predicted octanol–water partition coefficient (Wildman–Crippen LogP) is 3.21. The van der Waals surface area contributed by atoms with Crippen molar-refractivity contribution in [3.8, 4) is 0 Å². The molecular weight excluding hydrogens is 316 g/mol. The summed E-state index contributed by atoms with van der Waals surface area (Å²) in [6.07, 6.45) is 6.52. The van der Waals surface area contributed by atoms with Crippen LogP contribution in [0.2, 0.25) is 0 Å². The Morgan fingerprint density at radius 3 is 2.44 bits per heavy atom. The lowest BCUT2D eigenvalue weighted by atomic mass is 9.44. The Morgan fingerprint density at radius 1 is 1.04 bits per heavy atom. The molecule has 0 spiro atoms. The molecule has 0 heterocycles. The maximum atomic E-state index is 12.7. The minimum Gasteiger partial charge on any atom is -0.390 e. The molecule has 9 unspecified atom stereocenters. The first-order valence-corrected chi connectivity index (χ1v) is 10.1. The molecule has 25 heavy (non-hydrogen) atoms. The Bertz CT molecular complexity index is 548. The van der Waals surface area contributed by atoms with Gasteiger partial charge in [-0.25, -0.2) is 0 Å². The molecule has 9 atom stereocenters. The Hall–Kier alpha value is -0.450. The van der Waals surface area contributed by atoms with Crippen LogP contribution < -0.4 is 0 Å². The maximum absolute atomic E-state index is 12.7. The van der Waals surface area contributed by atoms with Crippen LogP contribution in [0.5, 0.6) is 0 Å². The fraction of sp³-hybridized carbons (Fsp3) is 0.952. The average Bonchev–Trinajstić information content (AvgIpc) is 2.89. The van der Waals surface area contributed by atoms with Gasteiger partial charge in [-0.1, -0.05) is 13.8 Å². The lowest BCUT2D eigenvalue weighted by Crippen LogP contribution is -2.61. The van der Waals surface area contributed by atoms with E-state index in [1.807, 2.05) is 7.11 Å². The van der Waals surface area contributed by atoms with Crippen molar-refractivity contribution in [1.29, 1.82) is 0 Å². The third kappa shape index (κ3) is 2.40. The topological polar surface area (TPSA) is 55.8 Å². The van der Waals surface area contributed by atoms with Gasteiger partial charge in [0, 0.05) is 26.1 Å². The number of rotatable bonds is 2. The van der Waals surface area contributed by atoms with Gasteiger partial charge in [-0.2, -0.15) is 0 Å². The van der Waals surface area contributed by atoms with Crippen LogP contribution in [0.4, 0.5) is 0 Å². The first-order chi connectivity index (χ1) is 11.8. The smallest absolute Gasteiger partial charge is 0.139 e. The first-order valence-electron chi connectivity index (χ1n) is 10.1. The van der Waals surface area contributed by atoms with E-state index in [4.69, 9.17) is 9.47 Å². The number of ketones is 1. The van der Waals surface area contributed by atoms with Gasteiger partial charge in [0.1, 0.15) is 5.78 Å². The van der Waals surface area contributed by atoms with E-state index >= 15 is 0 Å². The van der Waals surface area contributed by atoms with Crippen molar-refractivity contribution in [2.45, 2.75) is 77.1 Å². The molecule has 0 bridgehead atoms. The number of fused-ring (bicyclic) bond motifs is 5. The van der Waals surface area contributed by atoms with Crippen molar-refractivity contribution in [1.82, 2.24) is 0 Å². The monoisotopic (exact) mass is 350 g/mol. The van der Waals surface area contributed by atoms with Crippen molar-refractivity contribution in [3.05, 3.63) is 0 Å². The van der Waals surface area contributed by atoms with Gasteiger partial charge < -0.3 is 14.6 Å². The predicted molar refractivity (Wildman–Crippen MR) is 95.1 cm³/mol. The van der Waals surface area contributed by atoms with Gasteiger partial charge in [0.15, 0.2) is 0 Å². The van der Waals surface area contributed by atoms with Crippen LogP contribution >= 0.6 is 0 Å². The standard InChI is InChI=1S/C21H34O4/c1-20-10-16(24-3)15(22)9-12(20)5-6-13-14-7-8-18(23)21(14,2)11-17(25-4)19(13)20/h12-17,19,22H,5-11H2,1-4H3. The second kappa shape index (κ2) is 6.03. The number of carbonyl (C=O) groups excluding carboxylic acids is 1. The van der Waals surface area contributed by atoms with Crippen LogP contribution in [0.1, 0.15) is 58.8 Å². The molecule has 4 fully saturated rings. The number of hydrogen-bond donors (Lipinski definition) is 1. The molecule has 4 heteroatoms. The zero-order chi connectivity index (χ0) is 18.0. The molecule has 4 saturated carbocycles. The molecular formula is C21H34O4. The molecule has 0 saturated heterocycles. The van der Waals surface area contributed by atoms with E-state index in [-0.39, 0.29) is 29.1 Å². The lowest BCUT2D eigenvalue weighted by molar-refractivity contribution is -0.201. The Labute approximate surface area is 151 Å². The normalized spacial score (nSPS) is 55.4. The molecule has 4 rings (SSSR count). The second-order valence-electron chi connectivity index (χ2n) is 9.72. The summed E-state index contributed by atoms with van der Waals surface area (Å²) in [5.41, 5.74) is -0.0453. The number of aliphatic hydroxyl groups is 1. The van der Waals surface area contributed by atoms with E-state index in [0.29, 0.717) is 29.5 Å². The molecule has 0 radical (unpaired) electrons. The van der Waals surface area contributed by atoms with Gasteiger partial charge in [-0.15, -0.1) is 0 Å². The zero-order valence-electron chi connectivity index (χ0n) is 16.2. The summed E-state index contributed by atoms with van der Waals surface area (Å²) in [5, 5.41) is 10.5. The van der Waals surface area contributed by atoms with Gasteiger partial charge in [-0.05, 0) is 67.6 Å². The summed E-state index contributed by atoms with van der Waals surface area (Å²) in [5.74, 6) is 2.56. The van der Waals surface area contributed by atoms with Crippen molar-refractivity contribution >= 4 is 5.78 Å². The summed E-state index contributed by atoms with van der Waals surface area (Å²) in [6, 6.07) is 0. The number of methoxy groups -OCH3 is 2. The quantitative estimate of drug-likeness (QED) is 0.831. The molecule has 4 aliphatic rings. The minimum atomic E-state index is -0.345. The molecule has 142 valence electrons. The van der Waals surface area contributed by atoms with Crippen LogP contribution in [-0.2, 0) is 14.3 Å². The van der Waals surface area contributed by atoms with E-state index in [0.717, 1.165) is 32.1 Å². The van der Waals surface area contributed by atoms with Gasteiger partial charge >= 0.3 is 0 Å². The number of ether oxygens (including phenoxy) is 2. The highest BCUT2D eigenvalue weighted by Crippen LogP contribution is 2.66. The summed E-state index contributed by atoms with van der Waals surface area (Å²) < 4.78 is 11.7. The van der Waals surface area contributed by atoms with E-state index in [1.165, 1.54) is 12.8 Å². The number of hydrogen-bond acceptors (Lipinski definition) is 4. The Balaban J connectivity index is 1.71. The summed E-state index contributed by atoms with van der Waals surface area (Å²) in [4.78, 5) is 12.7. The lowest BCUT2D eigenvalue weighted by Gasteiger charge is -2.62. The van der Waals surface area contributed by atoms with Crippen molar-refractivity contribution in [2.24, 2.45) is 34.5 Å². The van der Waals surface area contributed by atoms with Gasteiger partial charge in [0.2, 0.25) is 0 Å². The summed E-state index contributed by atoms with van der Waals surface area (Å²) in [6.45, 7) is 4.62. The number of carbonyl (C=O) groups is 1. The highest BCUT2D eigenvalue weighted by atomic mass is 16.5. The van der Waals surface area contributed by atoms with Crippen molar-refractivity contribution in [3.63, 3.8) is 0 Å². The zero-order valence-corrected chi connectivity index (χ0v) is 16.2. The van der Waals surface area contributed by atoms with Crippen molar-refractivity contribution in [2.75, 3.05) is 14.2 Å². The molecule has 0 aromatic rings. The molecule has 0 aromatic carbocycles. The van der Waals surface area contributed by atoms with E-state index in [1.54, 1.807) is 7.11 Å². The largest absolute Gasteiger partial charge is 0.390 e. The fourth-order valence-electron chi connectivity index (χ4n) is 7.58. The van der Waals surface area contributed by atoms with Crippen molar-refractivity contribution < 1.29 is 19.4 Å².